The van der Waals surface area contributed by atoms with E-state index >= 15 is 0 Å². The molecule has 1 aliphatic heterocycles. The number of nitrogens with zero attached hydrogens (tertiary/aromatic N) is 3. The summed E-state index contributed by atoms with van der Waals surface area (Å²) in [4.78, 5) is 39.8. The number of nitrogens with two attached hydrogens (primary N) is 1. The molecule has 0 radical (unpaired) electrons. The summed E-state index contributed by atoms with van der Waals surface area (Å²) in [5.41, 5.74) is 5.37. The highest BCUT2D eigenvalue weighted by molar-refractivity contribution is 5.76. The lowest BCUT2D eigenvalue weighted by atomic mass is 10.2. The minimum atomic E-state index is -0.550. The molecule has 1 atom stereocenters. The van der Waals surface area contributed by atoms with Crippen LogP contribution in [-0.4, -0.2) is 47.4 Å². The fraction of sp³-hybridized carbons (Fsp3) is 0.706. The molecule has 0 aromatic carbocycles. The van der Waals surface area contributed by atoms with Gasteiger partial charge in [0.25, 0.3) is 5.56 Å². The molecule has 0 unspecified atom stereocenters. The molecular weight excluding hydrogens is 338 g/mol. The molecule has 0 saturated carbocycles. The van der Waals surface area contributed by atoms with Crippen LogP contribution in [0.4, 0.5) is 11.5 Å². The lowest BCUT2D eigenvalue weighted by Crippen LogP contribution is -2.49. The molecular formula is C17H29N5O4. The van der Waals surface area contributed by atoms with Crippen LogP contribution in [-0.2, 0) is 22.6 Å². The van der Waals surface area contributed by atoms with Gasteiger partial charge in [-0.1, -0.05) is 13.8 Å². The first-order valence-corrected chi connectivity index (χ1v) is 9.15. The van der Waals surface area contributed by atoms with Crippen molar-refractivity contribution in [3.63, 3.8) is 0 Å². The molecule has 9 nitrogen and oxygen atoms in total. The maximum absolute atomic E-state index is 13.0. The fourth-order valence-electron chi connectivity index (χ4n) is 2.93. The van der Waals surface area contributed by atoms with E-state index in [4.69, 9.17) is 10.5 Å². The Morgan fingerprint density at radius 2 is 1.88 bits per heavy atom. The maximum atomic E-state index is 13.0. The van der Waals surface area contributed by atoms with E-state index in [2.05, 4.69) is 5.32 Å². The molecule has 0 bridgehead atoms. The first-order chi connectivity index (χ1) is 12.4. The number of hydrogen-bond acceptors (Lipinski definition) is 6. The van der Waals surface area contributed by atoms with Crippen molar-refractivity contribution in [2.24, 2.45) is 0 Å². The summed E-state index contributed by atoms with van der Waals surface area (Å²) in [6.45, 7) is 7.82. The van der Waals surface area contributed by atoms with Crippen molar-refractivity contribution in [2.75, 3.05) is 36.9 Å². The van der Waals surface area contributed by atoms with E-state index in [-0.39, 0.29) is 30.0 Å². The van der Waals surface area contributed by atoms with E-state index < -0.39 is 11.2 Å². The van der Waals surface area contributed by atoms with Crippen LogP contribution in [0.25, 0.3) is 0 Å². The smallest absolute Gasteiger partial charge is 0.333 e. The summed E-state index contributed by atoms with van der Waals surface area (Å²) in [5, 5.41) is 2.79. The predicted octanol–water partition coefficient (Wildman–Crippen LogP) is -0.246. The first kappa shape index (κ1) is 20.0. The Kier molecular flexibility index (Phi) is 6.84. The molecule has 26 heavy (non-hydrogen) atoms. The van der Waals surface area contributed by atoms with Crippen LogP contribution < -0.4 is 27.2 Å². The zero-order chi connectivity index (χ0) is 19.3. The Labute approximate surface area is 152 Å². The Balaban J connectivity index is 2.49. The van der Waals surface area contributed by atoms with Crippen molar-refractivity contribution >= 4 is 17.4 Å². The summed E-state index contributed by atoms with van der Waals surface area (Å²) in [7, 11) is 0. The third-order valence-corrected chi connectivity index (χ3v) is 4.54. The van der Waals surface area contributed by atoms with Crippen LogP contribution >= 0.6 is 0 Å². The number of amides is 1. The van der Waals surface area contributed by atoms with E-state index in [0.29, 0.717) is 39.3 Å². The van der Waals surface area contributed by atoms with Gasteiger partial charge in [-0.2, -0.15) is 0 Å². The van der Waals surface area contributed by atoms with Gasteiger partial charge < -0.3 is 20.7 Å². The summed E-state index contributed by atoms with van der Waals surface area (Å²) in [6.07, 6.45) is 1.45. The summed E-state index contributed by atoms with van der Waals surface area (Å²) in [6, 6.07) is -0.0245. The van der Waals surface area contributed by atoms with Crippen LogP contribution in [0.5, 0.6) is 0 Å². The second-order valence-corrected chi connectivity index (χ2v) is 6.54. The van der Waals surface area contributed by atoms with Gasteiger partial charge in [-0.3, -0.25) is 14.2 Å². The van der Waals surface area contributed by atoms with E-state index in [1.807, 2.05) is 25.7 Å². The van der Waals surface area contributed by atoms with Gasteiger partial charge in [0.15, 0.2) is 0 Å². The molecule has 146 valence electrons. The monoisotopic (exact) mass is 367 g/mol. The first-order valence-electron chi connectivity index (χ1n) is 9.15. The molecule has 1 fully saturated rings. The van der Waals surface area contributed by atoms with Gasteiger partial charge >= 0.3 is 5.69 Å². The Hall–Kier alpha value is -2.29. The highest BCUT2D eigenvalue weighted by atomic mass is 16.5. The Morgan fingerprint density at radius 3 is 2.46 bits per heavy atom. The molecule has 1 amide bonds. The Morgan fingerprint density at radius 1 is 1.23 bits per heavy atom. The highest BCUT2D eigenvalue weighted by Gasteiger charge is 2.24. The molecule has 0 spiro atoms. The SMILES string of the molecule is CCCn1c(N)c(N2CCOCC2)c(=O)n(CC(=O)N[C@H](C)CC)c1=O. The van der Waals surface area contributed by atoms with Gasteiger partial charge in [-0.25, -0.2) is 9.36 Å². The molecule has 2 heterocycles. The molecule has 0 aliphatic carbocycles. The quantitative estimate of drug-likeness (QED) is 0.688. The van der Waals surface area contributed by atoms with Crippen molar-refractivity contribution in [3.05, 3.63) is 20.8 Å². The molecule has 3 N–H and O–H groups in total. The van der Waals surface area contributed by atoms with Crippen LogP contribution in [0.3, 0.4) is 0 Å². The summed E-state index contributed by atoms with van der Waals surface area (Å²) >= 11 is 0. The number of hydrogen-bond donors (Lipinski definition) is 2. The van der Waals surface area contributed by atoms with E-state index in [1.165, 1.54) is 4.57 Å². The number of anilines is 2. The number of carbonyl (C=O) groups is 1. The lowest BCUT2D eigenvalue weighted by molar-refractivity contribution is -0.122. The van der Waals surface area contributed by atoms with E-state index in [1.54, 1.807) is 0 Å². The van der Waals surface area contributed by atoms with Crippen molar-refractivity contribution in [1.82, 2.24) is 14.5 Å². The number of morpholine rings is 1. The number of nitrogens with one attached hydrogen (secondary N) is 1. The van der Waals surface area contributed by atoms with Crippen LogP contribution in [0.2, 0.25) is 0 Å². The van der Waals surface area contributed by atoms with E-state index in [0.717, 1.165) is 11.0 Å². The average Bonchev–Trinajstić information content (AvgIpc) is 2.63. The van der Waals surface area contributed by atoms with E-state index in [9.17, 15) is 14.4 Å². The van der Waals surface area contributed by atoms with Gasteiger partial charge in [0, 0.05) is 25.7 Å². The van der Waals surface area contributed by atoms with Crippen molar-refractivity contribution in [3.8, 4) is 0 Å². The van der Waals surface area contributed by atoms with Crippen molar-refractivity contribution < 1.29 is 9.53 Å². The predicted molar refractivity (Wildman–Crippen MR) is 101 cm³/mol. The Bertz CT molecular complexity index is 749. The maximum Gasteiger partial charge on any atom is 0.333 e. The number of aromatic nitrogens is 2. The number of carbonyl (C=O) groups excluding carboxylic acids is 1. The van der Waals surface area contributed by atoms with Gasteiger partial charge in [0.2, 0.25) is 5.91 Å². The zero-order valence-electron chi connectivity index (χ0n) is 15.8. The van der Waals surface area contributed by atoms with Crippen molar-refractivity contribution in [1.29, 1.82) is 0 Å². The minimum absolute atomic E-state index is 0.0245. The molecule has 1 aliphatic rings. The number of nitrogen functional groups attached to an aromatic ring is 1. The van der Waals surface area contributed by atoms with Crippen LogP contribution in [0.1, 0.15) is 33.6 Å². The second-order valence-electron chi connectivity index (χ2n) is 6.54. The normalized spacial score (nSPS) is 15.7. The number of ether oxygens (including phenoxy) is 1. The van der Waals surface area contributed by atoms with Gasteiger partial charge in [0.05, 0.1) is 13.2 Å². The van der Waals surface area contributed by atoms with Gasteiger partial charge in [-0.05, 0) is 19.8 Å². The van der Waals surface area contributed by atoms with Crippen LogP contribution in [0, 0.1) is 0 Å². The second kappa shape index (κ2) is 8.88. The van der Waals surface area contributed by atoms with Gasteiger partial charge in [0.1, 0.15) is 18.1 Å². The zero-order valence-corrected chi connectivity index (χ0v) is 15.8. The molecule has 2 rings (SSSR count). The molecule has 1 aromatic heterocycles. The molecule has 9 heteroatoms. The number of rotatable bonds is 7. The standard InChI is InChI=1S/C17H29N5O4/c1-4-6-21-15(18)14(20-7-9-26-10-8-20)16(24)22(17(21)25)11-13(23)19-12(3)5-2/h12H,4-11,18H2,1-3H3,(H,19,23)/t12-/m1/s1. The molecule has 1 aromatic rings. The lowest BCUT2D eigenvalue weighted by Gasteiger charge is -2.30. The highest BCUT2D eigenvalue weighted by Crippen LogP contribution is 2.18. The average molecular weight is 367 g/mol. The fourth-order valence-corrected chi connectivity index (χ4v) is 2.93. The topological polar surface area (TPSA) is 112 Å². The summed E-state index contributed by atoms with van der Waals surface area (Å²) in [5.74, 6) is -0.207. The third-order valence-electron chi connectivity index (χ3n) is 4.54. The minimum Gasteiger partial charge on any atom is -0.383 e. The van der Waals surface area contributed by atoms with Crippen LogP contribution in [0.15, 0.2) is 9.59 Å². The summed E-state index contributed by atoms with van der Waals surface area (Å²) < 4.78 is 7.69. The molecule has 1 saturated heterocycles. The third kappa shape index (κ3) is 4.27. The van der Waals surface area contributed by atoms with Gasteiger partial charge in [-0.15, -0.1) is 0 Å². The van der Waals surface area contributed by atoms with Crippen molar-refractivity contribution in [2.45, 2.75) is 52.7 Å². The largest absolute Gasteiger partial charge is 0.383 e.